The van der Waals surface area contributed by atoms with Crippen LogP contribution in [-0.2, 0) is 19.3 Å². The number of methoxy groups -OCH3 is 2. The molecule has 5 nitrogen and oxygen atoms in total. The number of amides is 2. The summed E-state index contributed by atoms with van der Waals surface area (Å²) < 4.78 is 48.0. The molecule has 8 heteroatoms. The first kappa shape index (κ1) is 19.4. The zero-order valence-corrected chi connectivity index (χ0v) is 14.3. The van der Waals surface area contributed by atoms with Crippen LogP contribution in [0.3, 0.4) is 0 Å². The van der Waals surface area contributed by atoms with E-state index >= 15 is 0 Å². The Hall–Kier alpha value is -2.90. The molecule has 0 bridgehead atoms. The van der Waals surface area contributed by atoms with E-state index in [1.807, 2.05) is 0 Å². The standard InChI is InChI=1S/C18H19F3N2O3/c1-25-15-5-3-4-13(16(15)26-2)11-23-17(24)22-10-12-6-8-14(9-7-12)18(19,20)21/h3-9H,10-11H2,1-2H3,(H2,22,23,24). The average molecular weight is 368 g/mol. The Balaban J connectivity index is 1.88. The van der Waals surface area contributed by atoms with Crippen LogP contribution in [0.2, 0.25) is 0 Å². The average Bonchev–Trinajstić information content (AvgIpc) is 2.63. The number of alkyl halides is 3. The van der Waals surface area contributed by atoms with Gasteiger partial charge in [-0.1, -0.05) is 24.3 Å². The van der Waals surface area contributed by atoms with Gasteiger partial charge in [-0.25, -0.2) is 4.79 Å². The minimum Gasteiger partial charge on any atom is -0.493 e. The van der Waals surface area contributed by atoms with Gasteiger partial charge in [-0.3, -0.25) is 0 Å². The summed E-state index contributed by atoms with van der Waals surface area (Å²) in [6.45, 7) is 0.318. The number of urea groups is 1. The van der Waals surface area contributed by atoms with Crippen molar-refractivity contribution in [2.45, 2.75) is 19.3 Å². The SMILES string of the molecule is COc1cccc(CNC(=O)NCc2ccc(C(F)(F)F)cc2)c1OC. The Labute approximate surface area is 149 Å². The van der Waals surface area contributed by atoms with Gasteiger partial charge in [-0.15, -0.1) is 0 Å². The summed E-state index contributed by atoms with van der Waals surface area (Å²) in [6.07, 6.45) is -4.38. The third kappa shape index (κ3) is 5.05. The van der Waals surface area contributed by atoms with E-state index in [-0.39, 0.29) is 13.1 Å². The molecule has 2 amide bonds. The minimum atomic E-state index is -4.38. The van der Waals surface area contributed by atoms with Crippen LogP contribution in [0.1, 0.15) is 16.7 Å². The monoisotopic (exact) mass is 368 g/mol. The molecule has 140 valence electrons. The molecule has 2 rings (SSSR count). The van der Waals surface area contributed by atoms with Gasteiger partial charge in [0, 0.05) is 18.7 Å². The second-order valence-electron chi connectivity index (χ2n) is 5.38. The summed E-state index contributed by atoms with van der Waals surface area (Å²) in [4.78, 5) is 11.9. The smallest absolute Gasteiger partial charge is 0.416 e. The summed E-state index contributed by atoms with van der Waals surface area (Å²) in [5.41, 5.74) is 0.569. The lowest BCUT2D eigenvalue weighted by Crippen LogP contribution is -2.34. The number of ether oxygens (including phenoxy) is 2. The summed E-state index contributed by atoms with van der Waals surface area (Å²) in [5.74, 6) is 1.08. The largest absolute Gasteiger partial charge is 0.493 e. The van der Waals surface area contributed by atoms with Crippen LogP contribution in [0.15, 0.2) is 42.5 Å². The summed E-state index contributed by atoms with van der Waals surface area (Å²) in [7, 11) is 3.03. The van der Waals surface area contributed by atoms with E-state index in [1.54, 1.807) is 18.2 Å². The third-order valence-electron chi connectivity index (χ3n) is 3.66. The molecule has 0 saturated heterocycles. The maximum Gasteiger partial charge on any atom is 0.416 e. The molecule has 0 aliphatic carbocycles. The minimum absolute atomic E-state index is 0.110. The van der Waals surface area contributed by atoms with Gasteiger partial charge in [0.1, 0.15) is 0 Å². The molecule has 2 aromatic carbocycles. The lowest BCUT2D eigenvalue weighted by molar-refractivity contribution is -0.137. The van der Waals surface area contributed by atoms with Crippen molar-refractivity contribution in [3.8, 4) is 11.5 Å². The van der Waals surface area contributed by atoms with E-state index < -0.39 is 17.8 Å². The highest BCUT2D eigenvalue weighted by molar-refractivity contribution is 5.74. The van der Waals surface area contributed by atoms with Crippen molar-refractivity contribution in [1.29, 1.82) is 0 Å². The lowest BCUT2D eigenvalue weighted by Gasteiger charge is -2.13. The number of benzene rings is 2. The fourth-order valence-electron chi connectivity index (χ4n) is 2.32. The van der Waals surface area contributed by atoms with Crippen LogP contribution >= 0.6 is 0 Å². The van der Waals surface area contributed by atoms with E-state index in [0.717, 1.165) is 17.7 Å². The van der Waals surface area contributed by atoms with Gasteiger partial charge in [0.25, 0.3) is 0 Å². The summed E-state index contributed by atoms with van der Waals surface area (Å²) in [5, 5.41) is 5.26. The molecule has 0 aliphatic heterocycles. The highest BCUT2D eigenvalue weighted by Gasteiger charge is 2.29. The van der Waals surface area contributed by atoms with Crippen LogP contribution < -0.4 is 20.1 Å². The third-order valence-corrected chi connectivity index (χ3v) is 3.66. The molecule has 0 aromatic heterocycles. The normalized spacial score (nSPS) is 11.0. The van der Waals surface area contributed by atoms with E-state index in [4.69, 9.17) is 9.47 Å². The molecule has 0 heterocycles. The van der Waals surface area contributed by atoms with Crippen molar-refractivity contribution < 1.29 is 27.4 Å². The molecule has 2 N–H and O–H groups in total. The van der Waals surface area contributed by atoms with Crippen LogP contribution in [0.25, 0.3) is 0 Å². The van der Waals surface area contributed by atoms with Gasteiger partial charge in [-0.2, -0.15) is 13.2 Å². The Kier molecular flexibility index (Phi) is 6.32. The van der Waals surface area contributed by atoms with Crippen LogP contribution in [0.5, 0.6) is 11.5 Å². The van der Waals surface area contributed by atoms with Crippen molar-refractivity contribution in [3.63, 3.8) is 0 Å². The molecule has 0 fully saturated rings. The topological polar surface area (TPSA) is 59.6 Å². The van der Waals surface area contributed by atoms with E-state index in [1.165, 1.54) is 26.4 Å². The number of carbonyl (C=O) groups excluding carboxylic acids is 1. The molecular weight excluding hydrogens is 349 g/mol. The molecular formula is C18H19F3N2O3. The Morgan fingerprint density at radius 3 is 2.19 bits per heavy atom. The Bertz CT molecular complexity index is 746. The predicted molar refractivity (Wildman–Crippen MR) is 90.1 cm³/mol. The molecule has 0 spiro atoms. The van der Waals surface area contributed by atoms with Gasteiger partial charge in [0.15, 0.2) is 11.5 Å². The number of para-hydroxylation sites is 1. The summed E-state index contributed by atoms with van der Waals surface area (Å²) >= 11 is 0. The van der Waals surface area contributed by atoms with Crippen LogP contribution in [-0.4, -0.2) is 20.3 Å². The maximum atomic E-state index is 12.5. The Morgan fingerprint density at radius 2 is 1.62 bits per heavy atom. The van der Waals surface area contributed by atoms with E-state index in [0.29, 0.717) is 17.1 Å². The van der Waals surface area contributed by atoms with Crippen LogP contribution in [0.4, 0.5) is 18.0 Å². The molecule has 0 saturated carbocycles. The van der Waals surface area contributed by atoms with Gasteiger partial charge in [0.2, 0.25) is 0 Å². The highest BCUT2D eigenvalue weighted by atomic mass is 19.4. The molecule has 0 unspecified atom stereocenters. The predicted octanol–water partition coefficient (Wildman–Crippen LogP) is 3.72. The van der Waals surface area contributed by atoms with Gasteiger partial charge in [0.05, 0.1) is 19.8 Å². The van der Waals surface area contributed by atoms with Gasteiger partial charge in [-0.05, 0) is 23.8 Å². The fourth-order valence-corrected chi connectivity index (χ4v) is 2.32. The quantitative estimate of drug-likeness (QED) is 0.817. The molecule has 0 radical (unpaired) electrons. The van der Waals surface area contributed by atoms with Gasteiger partial charge >= 0.3 is 12.2 Å². The van der Waals surface area contributed by atoms with Crippen molar-refractivity contribution in [2.75, 3.05) is 14.2 Å². The first-order valence-electron chi connectivity index (χ1n) is 7.73. The van der Waals surface area contributed by atoms with E-state index in [9.17, 15) is 18.0 Å². The number of halogens is 3. The molecule has 2 aromatic rings. The van der Waals surface area contributed by atoms with Gasteiger partial charge < -0.3 is 20.1 Å². The number of hydrogen-bond acceptors (Lipinski definition) is 3. The van der Waals surface area contributed by atoms with Crippen molar-refractivity contribution in [1.82, 2.24) is 10.6 Å². The second-order valence-corrected chi connectivity index (χ2v) is 5.38. The maximum absolute atomic E-state index is 12.5. The first-order chi connectivity index (χ1) is 12.3. The zero-order valence-electron chi connectivity index (χ0n) is 14.3. The highest BCUT2D eigenvalue weighted by Crippen LogP contribution is 2.30. The van der Waals surface area contributed by atoms with Crippen molar-refractivity contribution >= 4 is 6.03 Å². The number of rotatable bonds is 6. The molecule has 0 atom stereocenters. The van der Waals surface area contributed by atoms with E-state index in [2.05, 4.69) is 10.6 Å². The molecule has 26 heavy (non-hydrogen) atoms. The van der Waals surface area contributed by atoms with Crippen LogP contribution in [0, 0.1) is 0 Å². The zero-order chi connectivity index (χ0) is 19.2. The molecule has 0 aliphatic rings. The second kappa shape index (κ2) is 8.46. The lowest BCUT2D eigenvalue weighted by atomic mass is 10.1. The number of carbonyl (C=O) groups is 1. The Morgan fingerprint density at radius 1 is 0.962 bits per heavy atom. The number of nitrogens with one attached hydrogen (secondary N) is 2. The van der Waals surface area contributed by atoms with Crippen molar-refractivity contribution in [2.24, 2.45) is 0 Å². The number of hydrogen-bond donors (Lipinski definition) is 2. The summed E-state index contributed by atoms with van der Waals surface area (Å²) in [6, 6.07) is 9.48. The fraction of sp³-hybridized carbons (Fsp3) is 0.278. The first-order valence-corrected chi connectivity index (χ1v) is 7.73. The van der Waals surface area contributed by atoms with Crippen molar-refractivity contribution in [3.05, 3.63) is 59.2 Å².